The number of carbonyl (C=O) groups is 1. The van der Waals surface area contributed by atoms with Crippen LogP contribution in [0.15, 0.2) is 12.1 Å². The highest BCUT2D eigenvalue weighted by Crippen LogP contribution is 2.29. The quantitative estimate of drug-likeness (QED) is 0.446. The summed E-state index contributed by atoms with van der Waals surface area (Å²) in [4.78, 5) is 23.0. The van der Waals surface area contributed by atoms with E-state index in [1.165, 1.54) is 6.07 Å². The molecule has 7 heteroatoms. The molecular weight excluding hydrogens is 310 g/mol. The molecule has 1 saturated carbocycles. The molecule has 1 aromatic carbocycles. The van der Waals surface area contributed by atoms with Crippen LogP contribution in [0.1, 0.15) is 43.2 Å². The van der Waals surface area contributed by atoms with Crippen LogP contribution in [0, 0.1) is 29.9 Å². The van der Waals surface area contributed by atoms with Crippen molar-refractivity contribution in [3.63, 3.8) is 0 Å². The van der Waals surface area contributed by atoms with Crippen molar-refractivity contribution in [2.75, 3.05) is 11.9 Å². The van der Waals surface area contributed by atoms with Gasteiger partial charge in [-0.05, 0) is 32.3 Å². The Morgan fingerprint density at radius 2 is 2.00 bits per heavy atom. The molecule has 1 aliphatic carbocycles. The maximum Gasteiger partial charge on any atom is 0.319 e. The van der Waals surface area contributed by atoms with E-state index in [0.29, 0.717) is 11.3 Å². The Morgan fingerprint density at radius 3 is 2.67 bits per heavy atom. The first-order valence-electron chi connectivity index (χ1n) is 8.37. The number of aliphatic hydroxyl groups is 1. The molecule has 1 aromatic rings. The number of nitro benzene ring substituents is 1. The van der Waals surface area contributed by atoms with Gasteiger partial charge < -0.3 is 15.7 Å². The number of nitrogens with one attached hydrogen (secondary N) is 2. The van der Waals surface area contributed by atoms with Gasteiger partial charge in [-0.25, -0.2) is 4.79 Å². The first-order valence-corrected chi connectivity index (χ1v) is 8.37. The van der Waals surface area contributed by atoms with Crippen LogP contribution in [-0.4, -0.2) is 28.7 Å². The van der Waals surface area contributed by atoms with Crippen molar-refractivity contribution in [2.45, 2.75) is 52.0 Å². The van der Waals surface area contributed by atoms with E-state index >= 15 is 0 Å². The lowest BCUT2D eigenvalue weighted by Gasteiger charge is -2.25. The Morgan fingerprint density at radius 1 is 1.29 bits per heavy atom. The van der Waals surface area contributed by atoms with Crippen LogP contribution in [0.5, 0.6) is 0 Å². The fourth-order valence-electron chi connectivity index (χ4n) is 3.34. The molecule has 2 rings (SSSR count). The number of carbonyl (C=O) groups excluding carboxylic acids is 1. The van der Waals surface area contributed by atoms with Gasteiger partial charge in [0.05, 0.1) is 16.2 Å². The number of benzene rings is 1. The Labute approximate surface area is 141 Å². The number of aryl methyl sites for hydroxylation is 1. The molecule has 2 unspecified atom stereocenters. The molecule has 0 bridgehead atoms. The number of hydrogen-bond acceptors (Lipinski definition) is 4. The van der Waals surface area contributed by atoms with Crippen LogP contribution in [0.4, 0.5) is 16.2 Å². The summed E-state index contributed by atoms with van der Waals surface area (Å²) in [6.07, 6.45) is 4.94. The molecule has 3 N–H and O–H groups in total. The second kappa shape index (κ2) is 8.10. The Bertz CT molecular complexity index is 618. The molecule has 24 heavy (non-hydrogen) atoms. The first-order chi connectivity index (χ1) is 11.4. The lowest BCUT2D eigenvalue weighted by molar-refractivity contribution is -0.385. The number of hydrogen-bond donors (Lipinski definition) is 3. The van der Waals surface area contributed by atoms with Gasteiger partial charge in [0.1, 0.15) is 0 Å². The number of nitrogens with zero attached hydrogens (tertiary/aromatic N) is 1. The number of nitro groups is 1. The summed E-state index contributed by atoms with van der Waals surface area (Å²) < 4.78 is 0. The van der Waals surface area contributed by atoms with Gasteiger partial charge in [0, 0.05) is 24.6 Å². The molecule has 132 valence electrons. The minimum atomic E-state index is -0.453. The number of urea groups is 1. The predicted octanol–water partition coefficient (Wildman–Crippen LogP) is 3.27. The monoisotopic (exact) mass is 335 g/mol. The average molecular weight is 335 g/mol. The highest BCUT2D eigenvalue weighted by molar-refractivity contribution is 5.92. The number of amides is 2. The summed E-state index contributed by atoms with van der Waals surface area (Å²) in [5.74, 6) is 0.0607. The molecule has 2 amide bonds. The van der Waals surface area contributed by atoms with Gasteiger partial charge in [0.2, 0.25) is 0 Å². The highest BCUT2D eigenvalue weighted by atomic mass is 16.6. The topological polar surface area (TPSA) is 105 Å². The summed E-state index contributed by atoms with van der Waals surface area (Å²) in [7, 11) is 0. The normalized spacial score (nSPS) is 21.0. The molecule has 1 aliphatic rings. The van der Waals surface area contributed by atoms with Crippen molar-refractivity contribution in [1.82, 2.24) is 5.32 Å². The molecule has 0 aromatic heterocycles. The molecule has 0 radical (unpaired) electrons. The fourth-order valence-corrected chi connectivity index (χ4v) is 3.34. The summed E-state index contributed by atoms with van der Waals surface area (Å²) in [5.41, 5.74) is 1.66. The number of anilines is 1. The van der Waals surface area contributed by atoms with Crippen LogP contribution in [0.2, 0.25) is 0 Å². The van der Waals surface area contributed by atoms with Crippen molar-refractivity contribution in [3.05, 3.63) is 33.4 Å². The van der Waals surface area contributed by atoms with Crippen LogP contribution < -0.4 is 10.6 Å². The SMILES string of the molecule is Cc1ccc([N+](=O)[O-])c(C)c1NC(=O)NC1CCCCCC1CO. The highest BCUT2D eigenvalue weighted by Gasteiger charge is 2.25. The van der Waals surface area contributed by atoms with Crippen molar-refractivity contribution in [2.24, 2.45) is 5.92 Å². The molecule has 0 saturated heterocycles. The molecule has 0 heterocycles. The maximum atomic E-state index is 12.4. The Kier molecular flexibility index (Phi) is 6.14. The standard InChI is InChI=1S/C17H25N3O4/c1-11-8-9-15(20(23)24)12(2)16(11)19-17(22)18-14-7-5-3-4-6-13(14)10-21/h8-9,13-14,21H,3-7,10H2,1-2H3,(H2,18,19,22). The van der Waals surface area contributed by atoms with Gasteiger partial charge in [0.15, 0.2) is 0 Å². The minimum Gasteiger partial charge on any atom is -0.396 e. The third-order valence-corrected chi connectivity index (χ3v) is 4.79. The molecular formula is C17H25N3O4. The first kappa shape index (κ1) is 18.2. The van der Waals surface area contributed by atoms with E-state index in [9.17, 15) is 20.0 Å². The zero-order valence-corrected chi connectivity index (χ0v) is 14.2. The van der Waals surface area contributed by atoms with Crippen LogP contribution in [-0.2, 0) is 0 Å². The van der Waals surface area contributed by atoms with Gasteiger partial charge in [-0.1, -0.05) is 25.3 Å². The molecule has 2 atom stereocenters. The van der Waals surface area contributed by atoms with Crippen molar-refractivity contribution in [1.29, 1.82) is 0 Å². The maximum absolute atomic E-state index is 12.4. The lowest BCUT2D eigenvalue weighted by Crippen LogP contribution is -2.43. The second-order valence-corrected chi connectivity index (χ2v) is 6.44. The largest absolute Gasteiger partial charge is 0.396 e. The summed E-state index contributed by atoms with van der Waals surface area (Å²) in [6.45, 7) is 3.48. The van der Waals surface area contributed by atoms with E-state index in [1.807, 2.05) is 0 Å². The van der Waals surface area contributed by atoms with Crippen LogP contribution in [0.25, 0.3) is 0 Å². The second-order valence-electron chi connectivity index (χ2n) is 6.44. The van der Waals surface area contributed by atoms with Gasteiger partial charge >= 0.3 is 6.03 Å². The number of rotatable bonds is 4. The lowest BCUT2D eigenvalue weighted by atomic mass is 9.96. The average Bonchev–Trinajstić information content (AvgIpc) is 2.76. The van der Waals surface area contributed by atoms with E-state index in [2.05, 4.69) is 10.6 Å². The van der Waals surface area contributed by atoms with Crippen molar-refractivity contribution >= 4 is 17.4 Å². The van der Waals surface area contributed by atoms with Gasteiger partial charge in [-0.15, -0.1) is 0 Å². The fraction of sp³-hybridized carbons (Fsp3) is 0.588. The predicted molar refractivity (Wildman–Crippen MR) is 92.2 cm³/mol. The van der Waals surface area contributed by atoms with E-state index in [0.717, 1.165) is 37.7 Å². The molecule has 7 nitrogen and oxygen atoms in total. The van der Waals surface area contributed by atoms with Crippen molar-refractivity contribution < 1.29 is 14.8 Å². The van der Waals surface area contributed by atoms with E-state index in [1.54, 1.807) is 19.9 Å². The van der Waals surface area contributed by atoms with Crippen LogP contribution >= 0.6 is 0 Å². The van der Waals surface area contributed by atoms with Gasteiger partial charge in [-0.2, -0.15) is 0 Å². The van der Waals surface area contributed by atoms with Gasteiger partial charge in [-0.3, -0.25) is 10.1 Å². The molecule has 0 spiro atoms. The molecule has 0 aliphatic heterocycles. The smallest absolute Gasteiger partial charge is 0.319 e. The Hall–Kier alpha value is -2.15. The van der Waals surface area contributed by atoms with Crippen molar-refractivity contribution in [3.8, 4) is 0 Å². The minimum absolute atomic E-state index is 0.0152. The summed E-state index contributed by atoms with van der Waals surface area (Å²) in [6, 6.07) is 2.62. The molecule has 1 fully saturated rings. The third kappa shape index (κ3) is 4.23. The summed E-state index contributed by atoms with van der Waals surface area (Å²) >= 11 is 0. The van der Waals surface area contributed by atoms with Crippen LogP contribution in [0.3, 0.4) is 0 Å². The zero-order valence-electron chi connectivity index (χ0n) is 14.2. The zero-order chi connectivity index (χ0) is 17.7. The summed E-state index contributed by atoms with van der Waals surface area (Å²) in [5, 5.41) is 26.3. The number of aliphatic hydroxyl groups excluding tert-OH is 1. The van der Waals surface area contributed by atoms with Gasteiger partial charge in [0.25, 0.3) is 5.69 Å². The third-order valence-electron chi connectivity index (χ3n) is 4.79. The Balaban J connectivity index is 2.12. The van der Waals surface area contributed by atoms with E-state index in [-0.39, 0.29) is 30.3 Å². The van der Waals surface area contributed by atoms with E-state index < -0.39 is 4.92 Å². The van der Waals surface area contributed by atoms with E-state index in [4.69, 9.17) is 0 Å².